The second kappa shape index (κ2) is 3.63. The number of piperidine rings is 1. The molecule has 1 aromatic rings. The minimum absolute atomic E-state index is 0.456. The lowest BCUT2D eigenvalue weighted by Gasteiger charge is -2.33. The minimum Gasteiger partial charge on any atom is -0.311 e. The average molecular weight is 213 g/mol. The number of rotatable bonds is 1. The van der Waals surface area contributed by atoms with E-state index in [-0.39, 0.29) is 0 Å². The molecule has 0 spiro atoms. The summed E-state index contributed by atoms with van der Waals surface area (Å²) in [6.07, 6.45) is 1.57. The second-order valence-electron chi connectivity index (χ2n) is 4.18. The second-order valence-corrected chi connectivity index (χ2v) is 5.30. The molecule has 0 saturated carbocycles. The molecule has 1 saturated heterocycles. The molecule has 0 aromatic carbocycles. The Morgan fingerprint density at radius 2 is 2.43 bits per heavy atom. The minimum atomic E-state index is -1.13. The van der Waals surface area contributed by atoms with E-state index in [1.54, 1.807) is 11.3 Å². The molecule has 1 aliphatic heterocycles. The summed E-state index contributed by atoms with van der Waals surface area (Å²) in [6.45, 7) is 4.57. The molecule has 78 valence electrons. The van der Waals surface area contributed by atoms with Crippen LogP contribution >= 0.6 is 11.3 Å². The van der Waals surface area contributed by atoms with Crippen LogP contribution in [-0.4, -0.2) is 12.6 Å². The van der Waals surface area contributed by atoms with Gasteiger partial charge in [0.05, 0.1) is 0 Å². The highest BCUT2D eigenvalue weighted by Crippen LogP contribution is 2.37. The van der Waals surface area contributed by atoms with Crippen LogP contribution in [-0.2, 0) is 5.67 Å². The Bertz CT molecular complexity index is 313. The van der Waals surface area contributed by atoms with Crippen molar-refractivity contribution in [2.75, 3.05) is 6.54 Å². The molecule has 2 heterocycles. The van der Waals surface area contributed by atoms with Gasteiger partial charge in [-0.1, -0.05) is 0 Å². The SMILES string of the molecule is Cc1sccc1C1(F)CCC(C)NC1. The molecule has 0 bridgehead atoms. The number of hydrogen-bond acceptors (Lipinski definition) is 2. The summed E-state index contributed by atoms with van der Waals surface area (Å²) in [4.78, 5) is 1.11. The first-order valence-corrected chi connectivity index (χ1v) is 5.97. The number of thiophene rings is 1. The molecule has 0 amide bonds. The number of nitrogens with one attached hydrogen (secondary N) is 1. The monoisotopic (exact) mass is 213 g/mol. The molecule has 1 aromatic heterocycles. The largest absolute Gasteiger partial charge is 0.311 e. The molecule has 1 N–H and O–H groups in total. The summed E-state index contributed by atoms with van der Waals surface area (Å²) < 4.78 is 14.5. The third-order valence-electron chi connectivity index (χ3n) is 3.05. The van der Waals surface area contributed by atoms with Gasteiger partial charge in [-0.25, -0.2) is 4.39 Å². The zero-order valence-corrected chi connectivity index (χ0v) is 9.46. The van der Waals surface area contributed by atoms with Gasteiger partial charge >= 0.3 is 0 Å². The van der Waals surface area contributed by atoms with E-state index < -0.39 is 5.67 Å². The smallest absolute Gasteiger partial charge is 0.149 e. The van der Waals surface area contributed by atoms with E-state index >= 15 is 0 Å². The summed E-state index contributed by atoms with van der Waals surface area (Å²) in [5.41, 5.74) is -0.238. The molecule has 3 heteroatoms. The molecule has 0 aliphatic carbocycles. The van der Waals surface area contributed by atoms with Crippen LogP contribution in [0.2, 0.25) is 0 Å². The van der Waals surface area contributed by atoms with E-state index in [4.69, 9.17) is 0 Å². The van der Waals surface area contributed by atoms with E-state index in [0.717, 1.165) is 16.9 Å². The van der Waals surface area contributed by atoms with Gasteiger partial charge in [0.15, 0.2) is 0 Å². The van der Waals surface area contributed by atoms with Crippen LogP contribution in [0, 0.1) is 6.92 Å². The Kier molecular flexibility index (Phi) is 2.62. The Morgan fingerprint density at radius 3 is 2.93 bits per heavy atom. The fourth-order valence-corrected chi connectivity index (χ4v) is 2.84. The maximum absolute atomic E-state index is 14.5. The Hall–Kier alpha value is -0.410. The lowest BCUT2D eigenvalue weighted by molar-refractivity contribution is 0.106. The van der Waals surface area contributed by atoms with Crippen molar-refractivity contribution in [2.24, 2.45) is 0 Å². The maximum Gasteiger partial charge on any atom is 0.149 e. The maximum atomic E-state index is 14.5. The lowest BCUT2D eigenvalue weighted by atomic mass is 9.86. The van der Waals surface area contributed by atoms with Crippen molar-refractivity contribution >= 4 is 11.3 Å². The van der Waals surface area contributed by atoms with E-state index in [1.807, 2.05) is 18.4 Å². The van der Waals surface area contributed by atoms with Crippen molar-refractivity contribution in [1.82, 2.24) is 5.32 Å². The van der Waals surface area contributed by atoms with Crippen LogP contribution in [0.1, 0.15) is 30.2 Å². The topological polar surface area (TPSA) is 12.0 Å². The molecule has 0 radical (unpaired) electrons. The quantitative estimate of drug-likeness (QED) is 0.756. The third-order valence-corrected chi connectivity index (χ3v) is 3.89. The Labute approximate surface area is 88.3 Å². The van der Waals surface area contributed by atoms with Gasteiger partial charge in [0.2, 0.25) is 0 Å². The normalized spacial score (nSPS) is 33.2. The van der Waals surface area contributed by atoms with Crippen molar-refractivity contribution in [3.63, 3.8) is 0 Å². The number of aryl methyl sites for hydroxylation is 1. The molecule has 2 atom stereocenters. The van der Waals surface area contributed by atoms with Crippen molar-refractivity contribution in [2.45, 2.75) is 38.4 Å². The van der Waals surface area contributed by atoms with Gasteiger partial charge in [-0.3, -0.25) is 0 Å². The van der Waals surface area contributed by atoms with Gasteiger partial charge < -0.3 is 5.32 Å². The molecule has 1 nitrogen and oxygen atoms in total. The third kappa shape index (κ3) is 1.71. The van der Waals surface area contributed by atoms with Crippen LogP contribution in [0.5, 0.6) is 0 Å². The van der Waals surface area contributed by atoms with Gasteiger partial charge in [0, 0.05) is 23.0 Å². The Balaban J connectivity index is 2.21. The summed E-state index contributed by atoms with van der Waals surface area (Å²) in [5.74, 6) is 0. The first-order chi connectivity index (χ1) is 6.62. The highest BCUT2D eigenvalue weighted by atomic mass is 32.1. The van der Waals surface area contributed by atoms with Crippen LogP contribution in [0.25, 0.3) is 0 Å². The lowest BCUT2D eigenvalue weighted by Crippen LogP contribution is -2.44. The molecule has 14 heavy (non-hydrogen) atoms. The van der Waals surface area contributed by atoms with Crippen molar-refractivity contribution in [1.29, 1.82) is 0 Å². The Morgan fingerprint density at radius 1 is 1.64 bits per heavy atom. The van der Waals surface area contributed by atoms with Crippen LogP contribution < -0.4 is 5.32 Å². The highest BCUT2D eigenvalue weighted by molar-refractivity contribution is 7.10. The van der Waals surface area contributed by atoms with Gasteiger partial charge in [0.25, 0.3) is 0 Å². The molecular weight excluding hydrogens is 197 g/mol. The predicted octanol–water partition coefficient (Wildman–Crippen LogP) is 2.99. The zero-order chi connectivity index (χ0) is 10.2. The van der Waals surface area contributed by atoms with Gasteiger partial charge in [-0.05, 0) is 38.1 Å². The summed E-state index contributed by atoms with van der Waals surface area (Å²) >= 11 is 1.63. The van der Waals surface area contributed by atoms with Gasteiger partial charge in [-0.2, -0.15) is 0 Å². The summed E-state index contributed by atoms with van der Waals surface area (Å²) in [5, 5.41) is 5.19. The van der Waals surface area contributed by atoms with Crippen molar-refractivity contribution in [3.05, 3.63) is 21.9 Å². The van der Waals surface area contributed by atoms with Crippen molar-refractivity contribution < 1.29 is 4.39 Å². The molecule has 1 fully saturated rings. The van der Waals surface area contributed by atoms with Crippen LogP contribution in [0.3, 0.4) is 0 Å². The van der Waals surface area contributed by atoms with Crippen molar-refractivity contribution in [3.8, 4) is 0 Å². The van der Waals surface area contributed by atoms with E-state index in [0.29, 0.717) is 19.0 Å². The summed E-state index contributed by atoms with van der Waals surface area (Å²) in [7, 11) is 0. The van der Waals surface area contributed by atoms with Gasteiger partial charge in [0.1, 0.15) is 5.67 Å². The zero-order valence-electron chi connectivity index (χ0n) is 8.64. The van der Waals surface area contributed by atoms with Crippen LogP contribution in [0.15, 0.2) is 11.4 Å². The average Bonchev–Trinajstić information content (AvgIpc) is 2.58. The van der Waals surface area contributed by atoms with E-state index in [9.17, 15) is 4.39 Å². The first kappa shape index (κ1) is 10.1. The van der Waals surface area contributed by atoms with E-state index in [1.165, 1.54) is 0 Å². The predicted molar refractivity (Wildman–Crippen MR) is 58.5 cm³/mol. The summed E-state index contributed by atoms with van der Waals surface area (Å²) in [6, 6.07) is 2.38. The molecule has 2 rings (SSSR count). The van der Waals surface area contributed by atoms with Crippen LogP contribution in [0.4, 0.5) is 4.39 Å². The van der Waals surface area contributed by atoms with Gasteiger partial charge in [-0.15, -0.1) is 11.3 Å². The molecule has 2 unspecified atom stereocenters. The molecule has 1 aliphatic rings. The number of halogens is 1. The van der Waals surface area contributed by atoms with E-state index in [2.05, 4.69) is 12.2 Å². The number of hydrogen-bond donors (Lipinski definition) is 1. The standard InChI is InChI=1S/C11H16FNS/c1-8-3-5-11(12,7-13-8)10-4-6-14-9(10)2/h4,6,8,13H,3,5,7H2,1-2H3. The molecular formula is C11H16FNS. The number of alkyl halides is 1. The first-order valence-electron chi connectivity index (χ1n) is 5.09. The highest BCUT2D eigenvalue weighted by Gasteiger charge is 2.37. The fourth-order valence-electron chi connectivity index (χ4n) is 2.05. The fraction of sp³-hybridized carbons (Fsp3) is 0.636.